The highest BCUT2D eigenvalue weighted by Crippen LogP contribution is 2.12. The maximum atomic E-state index is 5.66. The van der Waals surface area contributed by atoms with Gasteiger partial charge in [-0.2, -0.15) is 0 Å². The molecule has 0 bridgehead atoms. The second-order valence-electron chi connectivity index (χ2n) is 4.56. The Kier molecular flexibility index (Phi) is 4.83. The van der Waals surface area contributed by atoms with Crippen LogP contribution in [0.4, 0.5) is 0 Å². The molecule has 1 aromatic rings. The summed E-state index contributed by atoms with van der Waals surface area (Å²) in [6.45, 7) is 3.61. The zero-order valence-corrected chi connectivity index (χ0v) is 10.5. The van der Waals surface area contributed by atoms with Gasteiger partial charge in [0, 0.05) is 19.7 Å². The van der Waals surface area contributed by atoms with Crippen molar-refractivity contribution in [3.05, 3.63) is 30.3 Å². The molecule has 1 atom stereocenters. The van der Waals surface area contributed by atoms with Crippen molar-refractivity contribution >= 4 is 0 Å². The number of hydrogen-bond acceptors (Lipinski definition) is 3. The normalized spacial score (nSPS) is 19.8. The number of hydrogen-bond donors (Lipinski definition) is 0. The summed E-state index contributed by atoms with van der Waals surface area (Å²) < 4.78 is 11.3. The molecule has 0 spiro atoms. The zero-order chi connectivity index (χ0) is 11.9. The number of para-hydroxylation sites is 1. The highest BCUT2D eigenvalue weighted by molar-refractivity contribution is 5.20. The van der Waals surface area contributed by atoms with E-state index < -0.39 is 0 Å². The van der Waals surface area contributed by atoms with Gasteiger partial charge in [0.05, 0.1) is 6.10 Å². The Labute approximate surface area is 103 Å². The lowest BCUT2D eigenvalue weighted by Gasteiger charge is -2.20. The van der Waals surface area contributed by atoms with Gasteiger partial charge >= 0.3 is 0 Å². The summed E-state index contributed by atoms with van der Waals surface area (Å²) >= 11 is 0. The van der Waals surface area contributed by atoms with E-state index in [9.17, 15) is 0 Å². The molecular weight excluding hydrogens is 214 g/mol. The summed E-state index contributed by atoms with van der Waals surface area (Å²) in [7, 11) is 2.12. The van der Waals surface area contributed by atoms with Crippen molar-refractivity contribution in [3.8, 4) is 5.75 Å². The zero-order valence-electron chi connectivity index (χ0n) is 10.5. The van der Waals surface area contributed by atoms with Crippen LogP contribution in [0.3, 0.4) is 0 Å². The van der Waals surface area contributed by atoms with E-state index in [0.717, 1.165) is 32.1 Å². The first-order chi connectivity index (χ1) is 8.34. The van der Waals surface area contributed by atoms with Gasteiger partial charge in [-0.25, -0.2) is 0 Å². The van der Waals surface area contributed by atoms with Crippen LogP contribution in [0, 0.1) is 0 Å². The van der Waals surface area contributed by atoms with E-state index in [0.29, 0.717) is 6.10 Å². The van der Waals surface area contributed by atoms with Crippen molar-refractivity contribution in [2.45, 2.75) is 18.9 Å². The minimum Gasteiger partial charge on any atom is -0.492 e. The maximum absolute atomic E-state index is 5.66. The first-order valence-electron chi connectivity index (χ1n) is 6.32. The van der Waals surface area contributed by atoms with E-state index in [2.05, 4.69) is 11.9 Å². The second-order valence-corrected chi connectivity index (χ2v) is 4.56. The summed E-state index contributed by atoms with van der Waals surface area (Å²) in [5.74, 6) is 0.943. The largest absolute Gasteiger partial charge is 0.492 e. The van der Waals surface area contributed by atoms with Crippen LogP contribution in [0.5, 0.6) is 5.75 Å². The average molecular weight is 235 g/mol. The van der Waals surface area contributed by atoms with Gasteiger partial charge in [-0.05, 0) is 32.0 Å². The second kappa shape index (κ2) is 6.62. The first kappa shape index (κ1) is 12.4. The third kappa shape index (κ3) is 4.36. The van der Waals surface area contributed by atoms with Crippen LogP contribution in [0.15, 0.2) is 30.3 Å². The van der Waals surface area contributed by atoms with Crippen LogP contribution in [0.1, 0.15) is 12.8 Å². The topological polar surface area (TPSA) is 21.7 Å². The molecule has 0 aromatic heterocycles. The minimum absolute atomic E-state index is 0.428. The fraction of sp³-hybridized carbons (Fsp3) is 0.571. The molecule has 3 nitrogen and oxygen atoms in total. The van der Waals surface area contributed by atoms with E-state index in [4.69, 9.17) is 9.47 Å². The SMILES string of the molecule is CN(CCOc1ccccc1)CC1CCCO1. The average Bonchev–Trinajstić information content (AvgIpc) is 2.83. The molecule has 1 fully saturated rings. The van der Waals surface area contributed by atoms with Crippen LogP contribution in [0.25, 0.3) is 0 Å². The molecule has 0 aliphatic carbocycles. The fourth-order valence-corrected chi connectivity index (χ4v) is 2.06. The minimum atomic E-state index is 0.428. The predicted octanol–water partition coefficient (Wildman–Crippen LogP) is 2.18. The maximum Gasteiger partial charge on any atom is 0.119 e. The molecule has 1 saturated heterocycles. The van der Waals surface area contributed by atoms with E-state index in [1.54, 1.807) is 0 Å². The van der Waals surface area contributed by atoms with Gasteiger partial charge in [-0.1, -0.05) is 18.2 Å². The third-order valence-electron chi connectivity index (χ3n) is 3.02. The Morgan fingerprint density at radius 1 is 1.35 bits per heavy atom. The van der Waals surface area contributed by atoms with Crippen molar-refractivity contribution in [2.75, 3.05) is 33.4 Å². The summed E-state index contributed by atoms with van der Waals surface area (Å²) in [5, 5.41) is 0. The highest BCUT2D eigenvalue weighted by atomic mass is 16.5. The van der Waals surface area contributed by atoms with Crippen LogP contribution >= 0.6 is 0 Å². The van der Waals surface area contributed by atoms with Crippen LogP contribution in [0.2, 0.25) is 0 Å². The molecule has 1 aromatic carbocycles. The lowest BCUT2D eigenvalue weighted by Crippen LogP contribution is -2.32. The van der Waals surface area contributed by atoms with Gasteiger partial charge in [-0.15, -0.1) is 0 Å². The summed E-state index contributed by atoms with van der Waals surface area (Å²) in [6.07, 6.45) is 2.83. The number of rotatable bonds is 6. The molecule has 2 rings (SSSR count). The van der Waals surface area contributed by atoms with Gasteiger partial charge < -0.3 is 14.4 Å². The number of benzene rings is 1. The molecule has 0 saturated carbocycles. The van der Waals surface area contributed by atoms with E-state index in [1.807, 2.05) is 30.3 Å². The molecule has 1 heterocycles. The number of ether oxygens (including phenoxy) is 2. The molecule has 3 heteroatoms. The molecule has 0 N–H and O–H groups in total. The van der Waals surface area contributed by atoms with Crippen molar-refractivity contribution < 1.29 is 9.47 Å². The van der Waals surface area contributed by atoms with Gasteiger partial charge in [0.15, 0.2) is 0 Å². The molecule has 1 unspecified atom stereocenters. The van der Waals surface area contributed by atoms with Crippen LogP contribution in [-0.4, -0.2) is 44.4 Å². The number of likely N-dealkylation sites (N-methyl/N-ethyl adjacent to an activating group) is 1. The Hall–Kier alpha value is -1.06. The predicted molar refractivity (Wildman–Crippen MR) is 68.4 cm³/mol. The molecule has 1 aliphatic rings. The lowest BCUT2D eigenvalue weighted by molar-refractivity contribution is 0.0771. The van der Waals surface area contributed by atoms with Crippen LogP contribution in [-0.2, 0) is 4.74 Å². The first-order valence-corrected chi connectivity index (χ1v) is 6.32. The Balaban J connectivity index is 1.61. The Morgan fingerprint density at radius 3 is 2.88 bits per heavy atom. The summed E-state index contributed by atoms with van der Waals surface area (Å²) in [6, 6.07) is 9.95. The molecule has 0 amide bonds. The molecular formula is C14H21NO2. The van der Waals surface area contributed by atoms with Crippen molar-refractivity contribution in [1.29, 1.82) is 0 Å². The molecule has 1 aliphatic heterocycles. The van der Waals surface area contributed by atoms with Crippen molar-refractivity contribution in [1.82, 2.24) is 4.90 Å². The third-order valence-corrected chi connectivity index (χ3v) is 3.02. The number of nitrogens with zero attached hydrogens (tertiary/aromatic N) is 1. The van der Waals surface area contributed by atoms with E-state index in [-0.39, 0.29) is 0 Å². The van der Waals surface area contributed by atoms with Gasteiger partial charge in [0.1, 0.15) is 12.4 Å². The molecule has 94 valence electrons. The lowest BCUT2D eigenvalue weighted by atomic mass is 10.2. The van der Waals surface area contributed by atoms with Gasteiger partial charge in [-0.3, -0.25) is 0 Å². The van der Waals surface area contributed by atoms with Crippen LogP contribution < -0.4 is 4.74 Å². The van der Waals surface area contributed by atoms with Gasteiger partial charge in [0.25, 0.3) is 0 Å². The Morgan fingerprint density at radius 2 is 2.18 bits per heavy atom. The molecule has 0 radical (unpaired) electrons. The van der Waals surface area contributed by atoms with Gasteiger partial charge in [0.2, 0.25) is 0 Å². The van der Waals surface area contributed by atoms with E-state index in [1.165, 1.54) is 12.8 Å². The van der Waals surface area contributed by atoms with Crippen molar-refractivity contribution in [3.63, 3.8) is 0 Å². The quantitative estimate of drug-likeness (QED) is 0.754. The molecule has 17 heavy (non-hydrogen) atoms. The van der Waals surface area contributed by atoms with Crippen molar-refractivity contribution in [2.24, 2.45) is 0 Å². The standard InChI is InChI=1S/C14H21NO2/c1-15(12-14-8-5-10-16-14)9-11-17-13-6-3-2-4-7-13/h2-4,6-7,14H,5,8-12H2,1H3. The van der Waals surface area contributed by atoms with E-state index >= 15 is 0 Å². The summed E-state index contributed by atoms with van der Waals surface area (Å²) in [4.78, 5) is 2.28. The fourth-order valence-electron chi connectivity index (χ4n) is 2.06. The Bertz CT molecular complexity index is 309. The smallest absolute Gasteiger partial charge is 0.119 e. The highest BCUT2D eigenvalue weighted by Gasteiger charge is 2.16. The summed E-state index contributed by atoms with van der Waals surface area (Å²) in [5.41, 5.74) is 0. The monoisotopic (exact) mass is 235 g/mol.